The summed E-state index contributed by atoms with van der Waals surface area (Å²) < 4.78 is 0. The summed E-state index contributed by atoms with van der Waals surface area (Å²) in [7, 11) is 0. The third-order valence-corrected chi connectivity index (χ3v) is 4.21. The molecular weight excluding hydrogens is 276 g/mol. The summed E-state index contributed by atoms with van der Waals surface area (Å²) in [6.07, 6.45) is 2.42. The van der Waals surface area contributed by atoms with Gasteiger partial charge in [-0.15, -0.1) is 11.3 Å². The second kappa shape index (κ2) is 8.51. The summed E-state index contributed by atoms with van der Waals surface area (Å²) in [6, 6.07) is 14.9. The van der Waals surface area contributed by atoms with Gasteiger partial charge in [0.25, 0.3) is 0 Å². The Morgan fingerprint density at radius 1 is 1.14 bits per heavy atom. The lowest BCUT2D eigenvalue weighted by Crippen LogP contribution is -2.23. The summed E-state index contributed by atoms with van der Waals surface area (Å²) >= 11 is 1.76. The van der Waals surface area contributed by atoms with Crippen molar-refractivity contribution >= 4 is 17.0 Å². The van der Waals surface area contributed by atoms with Crippen molar-refractivity contribution in [3.05, 3.63) is 52.2 Å². The molecule has 0 saturated carbocycles. The molecule has 2 N–H and O–H groups in total. The molecule has 21 heavy (non-hydrogen) atoms. The van der Waals surface area contributed by atoms with Crippen LogP contribution in [0.2, 0.25) is 0 Å². The fourth-order valence-corrected chi connectivity index (χ4v) is 3.04. The lowest BCUT2D eigenvalue weighted by atomic mass is 10.2. The van der Waals surface area contributed by atoms with Crippen LogP contribution in [0, 0.1) is 11.8 Å². The number of nitrogens with two attached hydrogens (primary N) is 1. The highest BCUT2D eigenvalue weighted by Gasteiger charge is 2.08. The van der Waals surface area contributed by atoms with Crippen LogP contribution in [0.5, 0.6) is 0 Å². The highest BCUT2D eigenvalue weighted by molar-refractivity contribution is 7.12. The molecule has 0 aliphatic heterocycles. The molecule has 2 rings (SSSR count). The second-order valence-corrected chi connectivity index (χ2v) is 6.05. The topological polar surface area (TPSA) is 29.3 Å². The largest absolute Gasteiger partial charge is 0.366 e. The third-order valence-electron chi connectivity index (χ3n) is 3.22. The van der Waals surface area contributed by atoms with Crippen LogP contribution in [-0.4, -0.2) is 13.1 Å². The first-order valence-electron chi connectivity index (χ1n) is 7.41. The summed E-state index contributed by atoms with van der Waals surface area (Å²) in [5.74, 6) is 6.02. The molecule has 1 aromatic heterocycles. The highest BCUT2D eigenvalue weighted by Crippen LogP contribution is 2.22. The van der Waals surface area contributed by atoms with E-state index in [1.54, 1.807) is 11.3 Å². The molecule has 0 saturated heterocycles. The van der Waals surface area contributed by atoms with Crippen LogP contribution in [0.3, 0.4) is 0 Å². The summed E-state index contributed by atoms with van der Waals surface area (Å²) in [4.78, 5) is 4.88. The van der Waals surface area contributed by atoms with E-state index in [0.717, 1.165) is 18.0 Å². The molecule has 0 spiro atoms. The minimum Gasteiger partial charge on any atom is -0.366 e. The maximum atomic E-state index is 5.42. The van der Waals surface area contributed by atoms with E-state index >= 15 is 0 Å². The van der Waals surface area contributed by atoms with Gasteiger partial charge in [0.15, 0.2) is 0 Å². The molecule has 0 aliphatic carbocycles. The van der Waals surface area contributed by atoms with E-state index in [9.17, 15) is 0 Å². The molecule has 2 nitrogen and oxygen atoms in total. The summed E-state index contributed by atoms with van der Waals surface area (Å²) in [5.41, 5.74) is 6.70. The van der Waals surface area contributed by atoms with Gasteiger partial charge in [-0.05, 0) is 30.7 Å². The zero-order valence-electron chi connectivity index (χ0n) is 12.5. The molecular formula is C18H22N2S. The van der Waals surface area contributed by atoms with Gasteiger partial charge in [0, 0.05) is 17.1 Å². The number of rotatable bonds is 6. The Labute approximate surface area is 131 Å². The number of hydrogen-bond donors (Lipinski definition) is 1. The van der Waals surface area contributed by atoms with Gasteiger partial charge in [0.1, 0.15) is 0 Å². The van der Waals surface area contributed by atoms with Crippen molar-refractivity contribution < 1.29 is 0 Å². The van der Waals surface area contributed by atoms with Crippen LogP contribution >= 0.6 is 11.3 Å². The first-order chi connectivity index (χ1) is 10.3. The van der Waals surface area contributed by atoms with Crippen LogP contribution in [0.25, 0.3) is 0 Å². The van der Waals surface area contributed by atoms with Gasteiger partial charge in [0.05, 0.1) is 18.0 Å². The normalized spacial score (nSPS) is 10.0. The van der Waals surface area contributed by atoms with Gasteiger partial charge in [-0.1, -0.05) is 43.4 Å². The van der Waals surface area contributed by atoms with Gasteiger partial charge >= 0.3 is 0 Å². The lowest BCUT2D eigenvalue weighted by Gasteiger charge is -2.24. The predicted molar refractivity (Wildman–Crippen MR) is 92.7 cm³/mol. The highest BCUT2D eigenvalue weighted by atomic mass is 32.1. The molecule has 1 heterocycles. The van der Waals surface area contributed by atoms with Gasteiger partial charge in [-0.3, -0.25) is 0 Å². The zero-order chi connectivity index (χ0) is 14.9. The van der Waals surface area contributed by atoms with E-state index in [1.165, 1.54) is 23.4 Å². The van der Waals surface area contributed by atoms with Crippen molar-refractivity contribution in [2.24, 2.45) is 5.73 Å². The smallest absolute Gasteiger partial charge is 0.0772 e. The molecule has 0 bridgehead atoms. The quantitative estimate of drug-likeness (QED) is 0.820. The number of thiophene rings is 1. The van der Waals surface area contributed by atoms with Crippen LogP contribution in [0.1, 0.15) is 29.5 Å². The number of unbranched alkanes of at least 4 members (excludes halogenated alkanes) is 1. The summed E-state index contributed by atoms with van der Waals surface area (Å²) in [5, 5.41) is 0. The fourth-order valence-electron chi connectivity index (χ4n) is 2.14. The molecule has 2 aromatic rings. The van der Waals surface area contributed by atoms with E-state index < -0.39 is 0 Å². The Balaban J connectivity index is 2.09. The minimum absolute atomic E-state index is 0.417. The van der Waals surface area contributed by atoms with Crippen LogP contribution in [-0.2, 0) is 6.54 Å². The maximum absolute atomic E-state index is 5.42. The van der Waals surface area contributed by atoms with Crippen molar-refractivity contribution in [1.29, 1.82) is 0 Å². The fraction of sp³-hybridized carbons (Fsp3) is 0.333. The van der Waals surface area contributed by atoms with Crippen molar-refractivity contribution in [2.75, 3.05) is 18.0 Å². The zero-order valence-corrected chi connectivity index (χ0v) is 13.3. The maximum Gasteiger partial charge on any atom is 0.0772 e. The number of benzene rings is 1. The SMILES string of the molecule is CCCCN(Cc1ccc(C#CCN)s1)c1ccccc1. The second-order valence-electron chi connectivity index (χ2n) is 4.88. The number of hydrogen-bond acceptors (Lipinski definition) is 3. The third kappa shape index (κ3) is 4.93. The van der Waals surface area contributed by atoms with Crippen LogP contribution in [0.15, 0.2) is 42.5 Å². The molecule has 0 radical (unpaired) electrons. The van der Waals surface area contributed by atoms with E-state index in [-0.39, 0.29) is 0 Å². The van der Waals surface area contributed by atoms with E-state index in [4.69, 9.17) is 5.73 Å². The molecule has 3 heteroatoms. The monoisotopic (exact) mass is 298 g/mol. The Morgan fingerprint density at radius 3 is 2.67 bits per heavy atom. The number of anilines is 1. The van der Waals surface area contributed by atoms with Crippen molar-refractivity contribution in [2.45, 2.75) is 26.3 Å². The van der Waals surface area contributed by atoms with Gasteiger partial charge in [-0.25, -0.2) is 0 Å². The molecule has 0 amide bonds. The minimum atomic E-state index is 0.417. The van der Waals surface area contributed by atoms with Crippen molar-refractivity contribution in [3.63, 3.8) is 0 Å². The average Bonchev–Trinajstić information content (AvgIpc) is 2.97. The van der Waals surface area contributed by atoms with Gasteiger partial charge in [0.2, 0.25) is 0 Å². The Bertz CT molecular complexity index is 592. The molecule has 0 atom stereocenters. The van der Waals surface area contributed by atoms with E-state index in [0.29, 0.717) is 6.54 Å². The first kappa shape index (κ1) is 15.6. The summed E-state index contributed by atoms with van der Waals surface area (Å²) in [6.45, 7) is 4.68. The van der Waals surface area contributed by atoms with Crippen molar-refractivity contribution in [1.82, 2.24) is 0 Å². The number of nitrogens with zero attached hydrogens (tertiary/aromatic N) is 1. The first-order valence-corrected chi connectivity index (χ1v) is 8.22. The molecule has 0 aliphatic rings. The number of para-hydroxylation sites is 1. The standard InChI is InChI=1S/C18H22N2S/c1-2-3-14-20(16-8-5-4-6-9-16)15-18-12-11-17(21-18)10-7-13-19/h4-6,8-9,11-12H,2-3,13-15,19H2,1H3. The average molecular weight is 298 g/mol. The van der Waals surface area contributed by atoms with E-state index in [2.05, 4.69) is 66.1 Å². The molecule has 110 valence electrons. The van der Waals surface area contributed by atoms with Gasteiger partial charge in [-0.2, -0.15) is 0 Å². The molecule has 0 fully saturated rings. The Hall–Kier alpha value is -1.76. The molecule has 1 aromatic carbocycles. The van der Waals surface area contributed by atoms with Crippen LogP contribution in [0.4, 0.5) is 5.69 Å². The van der Waals surface area contributed by atoms with Gasteiger partial charge < -0.3 is 10.6 Å². The Kier molecular flexibility index (Phi) is 6.33. The van der Waals surface area contributed by atoms with Crippen LogP contribution < -0.4 is 10.6 Å². The Morgan fingerprint density at radius 2 is 1.95 bits per heavy atom. The predicted octanol–water partition coefficient (Wildman–Crippen LogP) is 3.87. The molecule has 0 unspecified atom stereocenters. The lowest BCUT2D eigenvalue weighted by molar-refractivity contribution is 0.720. The van der Waals surface area contributed by atoms with Crippen molar-refractivity contribution in [3.8, 4) is 11.8 Å². The van der Waals surface area contributed by atoms with E-state index in [1.807, 2.05) is 0 Å².